The number of hydrogen-bond acceptors (Lipinski definition) is 3. The quantitative estimate of drug-likeness (QED) is 0.852. The molecule has 1 aromatic rings. The fourth-order valence-electron chi connectivity index (χ4n) is 2.89. The van der Waals surface area contributed by atoms with E-state index in [0.717, 1.165) is 57.1 Å². The Balaban J connectivity index is 1.46. The molecule has 0 N–H and O–H groups in total. The lowest BCUT2D eigenvalue weighted by molar-refractivity contribution is -0.283. The van der Waals surface area contributed by atoms with Gasteiger partial charge in [-0.15, -0.1) is 0 Å². The zero-order chi connectivity index (χ0) is 14.5. The second-order valence-corrected chi connectivity index (χ2v) is 6.15. The average molecular weight is 308 g/mol. The second-order valence-electron chi connectivity index (χ2n) is 5.72. The first kappa shape index (κ1) is 15.0. The Kier molecular flexibility index (Phi) is 4.96. The van der Waals surface area contributed by atoms with Gasteiger partial charge in [0.05, 0.1) is 13.2 Å². The van der Waals surface area contributed by atoms with E-state index in [-0.39, 0.29) is 5.79 Å². The van der Waals surface area contributed by atoms with Crippen LogP contribution in [-0.4, -0.2) is 43.5 Å². The highest BCUT2D eigenvalue weighted by molar-refractivity contribution is 6.30. The van der Waals surface area contributed by atoms with Crippen molar-refractivity contribution in [1.29, 1.82) is 0 Å². The van der Waals surface area contributed by atoms with Crippen LogP contribution in [0.1, 0.15) is 24.8 Å². The summed E-state index contributed by atoms with van der Waals surface area (Å²) in [5, 5.41) is 0.779. The van der Waals surface area contributed by atoms with E-state index in [2.05, 4.69) is 17.1 Å². The number of nitrogens with zero attached hydrogens (tertiary/aromatic N) is 1. The van der Waals surface area contributed by atoms with E-state index >= 15 is 0 Å². The summed E-state index contributed by atoms with van der Waals surface area (Å²) in [5.41, 5.74) is 1.19. The van der Waals surface area contributed by atoms with Crippen molar-refractivity contribution < 1.29 is 9.47 Å². The van der Waals surface area contributed by atoms with Crippen LogP contribution in [0.4, 0.5) is 0 Å². The Morgan fingerprint density at radius 1 is 1.10 bits per heavy atom. The monoisotopic (exact) mass is 307 g/mol. The molecule has 3 rings (SSSR count). The van der Waals surface area contributed by atoms with Crippen LogP contribution in [0.3, 0.4) is 0 Å². The van der Waals surface area contributed by atoms with Crippen LogP contribution < -0.4 is 0 Å². The van der Waals surface area contributed by atoms with Crippen LogP contribution in [0.15, 0.2) is 30.3 Å². The molecule has 2 aliphatic heterocycles. The van der Waals surface area contributed by atoms with E-state index in [1.54, 1.807) is 0 Å². The molecule has 2 fully saturated rings. The third kappa shape index (κ3) is 4.07. The highest BCUT2D eigenvalue weighted by Crippen LogP contribution is 2.30. The lowest BCUT2D eigenvalue weighted by Gasteiger charge is -2.43. The summed E-state index contributed by atoms with van der Waals surface area (Å²) in [5.74, 6) is -0.283. The maximum atomic E-state index is 5.88. The van der Waals surface area contributed by atoms with Crippen molar-refractivity contribution in [2.45, 2.75) is 25.0 Å². The Morgan fingerprint density at radius 3 is 2.43 bits per heavy atom. The van der Waals surface area contributed by atoms with E-state index in [9.17, 15) is 0 Å². The average Bonchev–Trinajstić information content (AvgIpc) is 2.52. The third-order valence-corrected chi connectivity index (χ3v) is 4.43. The molecule has 0 radical (unpaired) electrons. The summed E-state index contributed by atoms with van der Waals surface area (Å²) in [4.78, 5) is 2.44. The molecule has 0 aromatic heterocycles. The van der Waals surface area contributed by atoms with Crippen LogP contribution in [0, 0.1) is 0 Å². The molecule has 0 aliphatic carbocycles. The van der Waals surface area contributed by atoms with Gasteiger partial charge < -0.3 is 9.47 Å². The predicted octanol–water partition coefficient (Wildman–Crippen LogP) is 3.58. The molecule has 0 amide bonds. The summed E-state index contributed by atoms with van der Waals surface area (Å²) in [6.45, 7) is 4.72. The van der Waals surface area contributed by atoms with E-state index in [1.165, 1.54) is 5.56 Å². The van der Waals surface area contributed by atoms with Crippen LogP contribution in [-0.2, 0) is 9.47 Å². The normalized spacial score (nSPS) is 22.9. The number of piperidine rings is 1. The topological polar surface area (TPSA) is 21.7 Å². The van der Waals surface area contributed by atoms with Crippen molar-refractivity contribution >= 4 is 17.7 Å². The molecule has 114 valence electrons. The summed E-state index contributed by atoms with van der Waals surface area (Å²) >= 11 is 5.88. The van der Waals surface area contributed by atoms with Crippen LogP contribution in [0.2, 0.25) is 5.02 Å². The van der Waals surface area contributed by atoms with Gasteiger partial charge >= 0.3 is 0 Å². The fraction of sp³-hybridized carbons (Fsp3) is 0.529. The number of ether oxygens (including phenoxy) is 2. The third-order valence-electron chi connectivity index (χ3n) is 4.18. The van der Waals surface area contributed by atoms with Gasteiger partial charge in [-0.2, -0.15) is 0 Å². The Labute approximate surface area is 131 Å². The molecular weight excluding hydrogens is 286 g/mol. The van der Waals surface area contributed by atoms with Crippen LogP contribution in [0.5, 0.6) is 0 Å². The van der Waals surface area contributed by atoms with Gasteiger partial charge in [-0.3, -0.25) is 4.90 Å². The van der Waals surface area contributed by atoms with Crippen molar-refractivity contribution in [2.24, 2.45) is 0 Å². The van der Waals surface area contributed by atoms with Crippen molar-refractivity contribution in [2.75, 3.05) is 32.8 Å². The van der Waals surface area contributed by atoms with Crippen molar-refractivity contribution in [3.8, 4) is 0 Å². The molecule has 2 heterocycles. The maximum Gasteiger partial charge on any atom is 0.170 e. The molecule has 4 heteroatoms. The van der Waals surface area contributed by atoms with Gasteiger partial charge in [-0.05, 0) is 24.1 Å². The standard InChI is InChI=1S/C17H22ClNO2/c18-16-6-4-15(5-7-16)3-1-10-19-11-8-17(9-12-19)20-13-2-14-21-17/h1,3-7H,2,8-14H2/b3-1+. The lowest BCUT2D eigenvalue weighted by atomic mass is 10.0. The smallest absolute Gasteiger partial charge is 0.170 e. The molecule has 2 aliphatic rings. The van der Waals surface area contributed by atoms with Gasteiger partial charge in [0, 0.05) is 37.5 Å². The molecular formula is C17H22ClNO2. The molecule has 3 nitrogen and oxygen atoms in total. The Hall–Kier alpha value is -0.870. The lowest BCUT2D eigenvalue weighted by Crippen LogP contribution is -2.50. The molecule has 1 spiro atoms. The van der Waals surface area contributed by atoms with Crippen molar-refractivity contribution in [3.05, 3.63) is 40.9 Å². The zero-order valence-corrected chi connectivity index (χ0v) is 13.0. The molecule has 0 unspecified atom stereocenters. The van der Waals surface area contributed by atoms with Gasteiger partial charge in [-0.1, -0.05) is 35.9 Å². The Bertz CT molecular complexity index is 470. The number of hydrogen-bond donors (Lipinski definition) is 0. The minimum absolute atomic E-state index is 0.283. The zero-order valence-electron chi connectivity index (χ0n) is 12.3. The summed E-state index contributed by atoms with van der Waals surface area (Å²) < 4.78 is 11.7. The number of halogens is 1. The van der Waals surface area contributed by atoms with Gasteiger partial charge in [0.2, 0.25) is 0 Å². The first-order valence-electron chi connectivity index (χ1n) is 7.68. The summed E-state index contributed by atoms with van der Waals surface area (Å²) in [6, 6.07) is 7.91. The minimum Gasteiger partial charge on any atom is -0.350 e. The van der Waals surface area contributed by atoms with Gasteiger partial charge in [0.25, 0.3) is 0 Å². The van der Waals surface area contributed by atoms with Crippen LogP contribution in [0.25, 0.3) is 6.08 Å². The molecule has 0 saturated carbocycles. The van der Waals surface area contributed by atoms with E-state index in [4.69, 9.17) is 21.1 Å². The SMILES string of the molecule is Clc1ccc(/C=C/CN2CCC3(CC2)OCCCO3)cc1. The van der Waals surface area contributed by atoms with Crippen LogP contribution >= 0.6 is 11.6 Å². The van der Waals surface area contributed by atoms with Gasteiger partial charge in [0.15, 0.2) is 5.79 Å². The first-order valence-corrected chi connectivity index (χ1v) is 8.06. The van der Waals surface area contributed by atoms with E-state index < -0.39 is 0 Å². The fourth-order valence-corrected chi connectivity index (χ4v) is 3.02. The maximum absolute atomic E-state index is 5.88. The summed E-state index contributed by atoms with van der Waals surface area (Å²) in [6.07, 6.45) is 7.33. The summed E-state index contributed by atoms with van der Waals surface area (Å²) in [7, 11) is 0. The van der Waals surface area contributed by atoms with Crippen molar-refractivity contribution in [1.82, 2.24) is 4.90 Å². The van der Waals surface area contributed by atoms with Gasteiger partial charge in [0.1, 0.15) is 0 Å². The first-order chi connectivity index (χ1) is 10.3. The predicted molar refractivity (Wildman–Crippen MR) is 85.4 cm³/mol. The molecule has 21 heavy (non-hydrogen) atoms. The number of rotatable bonds is 3. The van der Waals surface area contributed by atoms with Crippen molar-refractivity contribution in [3.63, 3.8) is 0 Å². The molecule has 0 bridgehead atoms. The van der Waals surface area contributed by atoms with E-state index in [0.29, 0.717) is 0 Å². The second kappa shape index (κ2) is 6.93. The number of benzene rings is 1. The van der Waals surface area contributed by atoms with E-state index in [1.807, 2.05) is 24.3 Å². The molecule has 2 saturated heterocycles. The van der Waals surface area contributed by atoms with Gasteiger partial charge in [-0.25, -0.2) is 0 Å². The number of likely N-dealkylation sites (tertiary alicyclic amines) is 1. The minimum atomic E-state index is -0.283. The molecule has 1 aromatic carbocycles. The largest absolute Gasteiger partial charge is 0.350 e. The highest BCUT2D eigenvalue weighted by Gasteiger charge is 2.37. The highest BCUT2D eigenvalue weighted by atomic mass is 35.5. The molecule has 0 atom stereocenters. The Morgan fingerprint density at radius 2 is 1.76 bits per heavy atom.